The highest BCUT2D eigenvalue weighted by molar-refractivity contribution is 5.79. The first-order valence-corrected chi connectivity index (χ1v) is 6.80. The molecule has 0 fully saturated rings. The molecule has 0 aliphatic carbocycles. The van der Waals surface area contributed by atoms with Crippen molar-refractivity contribution in [3.8, 4) is 0 Å². The molecule has 0 heterocycles. The molecule has 0 saturated carbocycles. The monoisotopic (exact) mass is 294 g/mol. The summed E-state index contributed by atoms with van der Waals surface area (Å²) in [6, 6.07) is 6.06. The van der Waals surface area contributed by atoms with Crippen molar-refractivity contribution in [1.82, 2.24) is 15.1 Å². The van der Waals surface area contributed by atoms with E-state index in [1.54, 1.807) is 12.1 Å². The number of carbonyl (C=O) groups is 1. The van der Waals surface area contributed by atoms with Gasteiger partial charge in [0.1, 0.15) is 5.82 Å². The van der Waals surface area contributed by atoms with Crippen LogP contribution >= 0.6 is 0 Å². The van der Waals surface area contributed by atoms with Crippen LogP contribution in [0.5, 0.6) is 0 Å². The minimum absolute atomic E-state index is 0.132. The predicted octanol–water partition coefficient (Wildman–Crippen LogP) is 0.964. The van der Waals surface area contributed by atoms with Crippen LogP contribution in [0.2, 0.25) is 0 Å². The Morgan fingerprint density at radius 2 is 1.90 bits per heavy atom. The summed E-state index contributed by atoms with van der Waals surface area (Å²) in [6.45, 7) is 0.958. The van der Waals surface area contributed by atoms with Crippen molar-refractivity contribution in [1.29, 1.82) is 0 Å². The second kappa shape index (κ2) is 8.24. The summed E-state index contributed by atoms with van der Waals surface area (Å²) in [5.41, 5.74) is 0.665. The molecular formula is C15H23FN4O. The van der Waals surface area contributed by atoms with Gasteiger partial charge in [0.05, 0.1) is 13.0 Å². The largest absolute Gasteiger partial charge is 0.354 e. The third-order valence-corrected chi connectivity index (χ3v) is 2.74. The number of halogens is 1. The molecule has 0 saturated heterocycles. The van der Waals surface area contributed by atoms with Gasteiger partial charge in [-0.3, -0.25) is 9.79 Å². The Hall–Kier alpha value is -2.11. The molecule has 0 bridgehead atoms. The van der Waals surface area contributed by atoms with E-state index in [0.717, 1.165) is 5.96 Å². The molecule has 6 heteroatoms. The lowest BCUT2D eigenvalue weighted by molar-refractivity contribution is -0.120. The van der Waals surface area contributed by atoms with Gasteiger partial charge in [-0.25, -0.2) is 4.39 Å². The topological polar surface area (TPSA) is 47.9 Å². The summed E-state index contributed by atoms with van der Waals surface area (Å²) in [5, 5.41) is 2.78. The number of nitrogens with one attached hydrogen (secondary N) is 1. The third kappa shape index (κ3) is 6.25. The molecule has 0 aromatic heterocycles. The normalized spacial score (nSPS) is 9.95. The van der Waals surface area contributed by atoms with Crippen LogP contribution in [0.25, 0.3) is 0 Å². The van der Waals surface area contributed by atoms with E-state index in [4.69, 9.17) is 0 Å². The van der Waals surface area contributed by atoms with Crippen LogP contribution in [-0.4, -0.2) is 62.9 Å². The summed E-state index contributed by atoms with van der Waals surface area (Å²) in [7, 11) is 7.67. The molecule has 1 aromatic carbocycles. The molecule has 1 rings (SSSR count). The molecule has 0 radical (unpaired) electrons. The molecule has 1 amide bonds. The second-order valence-corrected chi connectivity index (χ2v) is 5.13. The maximum Gasteiger partial charge on any atom is 0.224 e. The van der Waals surface area contributed by atoms with Crippen molar-refractivity contribution in [3.05, 3.63) is 35.6 Å². The fourth-order valence-electron chi connectivity index (χ4n) is 1.93. The highest BCUT2D eigenvalue weighted by Gasteiger charge is 2.05. The van der Waals surface area contributed by atoms with E-state index < -0.39 is 0 Å². The number of benzene rings is 1. The van der Waals surface area contributed by atoms with E-state index in [1.165, 1.54) is 12.1 Å². The third-order valence-electron chi connectivity index (χ3n) is 2.74. The van der Waals surface area contributed by atoms with Crippen molar-refractivity contribution in [2.45, 2.75) is 6.42 Å². The van der Waals surface area contributed by atoms with Crippen LogP contribution in [0.15, 0.2) is 29.3 Å². The Bertz CT molecular complexity index is 490. The van der Waals surface area contributed by atoms with Gasteiger partial charge in [-0.2, -0.15) is 0 Å². The molecule has 1 N–H and O–H groups in total. The van der Waals surface area contributed by atoms with Crippen LogP contribution < -0.4 is 5.32 Å². The molecule has 5 nitrogen and oxygen atoms in total. The quantitative estimate of drug-likeness (QED) is 0.500. The second-order valence-electron chi connectivity index (χ2n) is 5.13. The molecule has 1 aromatic rings. The molecule has 0 aliphatic rings. The van der Waals surface area contributed by atoms with Crippen molar-refractivity contribution < 1.29 is 9.18 Å². The Morgan fingerprint density at radius 3 is 2.48 bits per heavy atom. The SMILES string of the molecule is CN(C)C(=NCCNC(=O)Cc1cccc(F)c1)N(C)C. The van der Waals surface area contributed by atoms with Gasteiger partial charge in [-0.05, 0) is 17.7 Å². The average Bonchev–Trinajstić information content (AvgIpc) is 2.37. The molecule has 0 spiro atoms. The van der Waals surface area contributed by atoms with E-state index in [-0.39, 0.29) is 18.1 Å². The number of nitrogens with zero attached hydrogens (tertiary/aromatic N) is 3. The predicted molar refractivity (Wildman–Crippen MR) is 82.8 cm³/mol. The Labute approximate surface area is 125 Å². The average molecular weight is 294 g/mol. The highest BCUT2D eigenvalue weighted by Crippen LogP contribution is 2.03. The minimum atomic E-state index is -0.327. The zero-order valence-corrected chi connectivity index (χ0v) is 13.1. The standard InChI is InChI=1S/C15H23FN4O/c1-19(2)15(20(3)4)18-9-8-17-14(21)11-12-6-5-7-13(16)10-12/h5-7,10H,8-9,11H2,1-4H3,(H,17,21). The van der Waals surface area contributed by atoms with Crippen molar-refractivity contribution in [3.63, 3.8) is 0 Å². The van der Waals surface area contributed by atoms with Gasteiger partial charge in [-0.1, -0.05) is 12.1 Å². The number of hydrogen-bond donors (Lipinski definition) is 1. The molecule has 21 heavy (non-hydrogen) atoms. The number of guanidine groups is 1. The Kier molecular flexibility index (Phi) is 6.65. The molecule has 0 atom stereocenters. The van der Waals surface area contributed by atoms with Gasteiger partial charge in [0.15, 0.2) is 5.96 Å². The van der Waals surface area contributed by atoms with Gasteiger partial charge in [0.25, 0.3) is 0 Å². The fourth-order valence-corrected chi connectivity index (χ4v) is 1.93. The maximum absolute atomic E-state index is 13.0. The zero-order chi connectivity index (χ0) is 15.8. The zero-order valence-electron chi connectivity index (χ0n) is 13.1. The van der Waals surface area contributed by atoms with Crippen molar-refractivity contribution in [2.24, 2.45) is 4.99 Å². The Balaban J connectivity index is 2.38. The first kappa shape index (κ1) is 16.9. The van der Waals surface area contributed by atoms with Crippen molar-refractivity contribution in [2.75, 3.05) is 41.3 Å². The summed E-state index contributed by atoms with van der Waals surface area (Å²) in [6.07, 6.45) is 0.176. The van der Waals surface area contributed by atoms with E-state index >= 15 is 0 Å². The molecular weight excluding hydrogens is 271 g/mol. The smallest absolute Gasteiger partial charge is 0.224 e. The number of amides is 1. The van der Waals surface area contributed by atoms with Gasteiger partial charge in [-0.15, -0.1) is 0 Å². The summed E-state index contributed by atoms with van der Waals surface area (Å²) < 4.78 is 13.0. The van der Waals surface area contributed by atoms with Crippen LogP contribution in [-0.2, 0) is 11.2 Å². The first-order valence-electron chi connectivity index (χ1n) is 6.80. The van der Waals surface area contributed by atoms with Crippen LogP contribution in [0.1, 0.15) is 5.56 Å². The minimum Gasteiger partial charge on any atom is -0.354 e. The van der Waals surface area contributed by atoms with E-state index in [2.05, 4.69) is 10.3 Å². The number of rotatable bonds is 5. The fraction of sp³-hybridized carbons (Fsp3) is 0.467. The van der Waals surface area contributed by atoms with Gasteiger partial charge in [0, 0.05) is 34.7 Å². The van der Waals surface area contributed by atoms with Gasteiger partial charge >= 0.3 is 0 Å². The van der Waals surface area contributed by atoms with E-state index in [9.17, 15) is 9.18 Å². The summed E-state index contributed by atoms with van der Waals surface area (Å²) in [4.78, 5) is 20.0. The van der Waals surface area contributed by atoms with E-state index in [1.807, 2.05) is 38.0 Å². The number of aliphatic imine (C=N–C) groups is 1. The Morgan fingerprint density at radius 1 is 1.24 bits per heavy atom. The van der Waals surface area contributed by atoms with Crippen LogP contribution in [0, 0.1) is 5.82 Å². The van der Waals surface area contributed by atoms with Gasteiger partial charge < -0.3 is 15.1 Å². The lowest BCUT2D eigenvalue weighted by atomic mass is 10.1. The lowest BCUT2D eigenvalue weighted by Gasteiger charge is -2.22. The summed E-state index contributed by atoms with van der Waals surface area (Å²) in [5.74, 6) is 0.382. The lowest BCUT2D eigenvalue weighted by Crippen LogP contribution is -2.36. The van der Waals surface area contributed by atoms with Crippen LogP contribution in [0.3, 0.4) is 0 Å². The maximum atomic E-state index is 13.0. The first-order chi connectivity index (χ1) is 9.90. The highest BCUT2D eigenvalue weighted by atomic mass is 19.1. The number of carbonyl (C=O) groups excluding carboxylic acids is 1. The van der Waals surface area contributed by atoms with Gasteiger partial charge in [0.2, 0.25) is 5.91 Å². The molecule has 116 valence electrons. The van der Waals surface area contributed by atoms with Crippen LogP contribution in [0.4, 0.5) is 4.39 Å². The number of hydrogen-bond acceptors (Lipinski definition) is 2. The van der Waals surface area contributed by atoms with Crippen molar-refractivity contribution >= 4 is 11.9 Å². The van der Waals surface area contributed by atoms with E-state index in [0.29, 0.717) is 18.7 Å². The molecule has 0 aliphatic heterocycles. The summed E-state index contributed by atoms with van der Waals surface area (Å²) >= 11 is 0. The molecule has 0 unspecified atom stereocenters.